The molecule has 26 heavy (non-hydrogen) atoms. The number of nitrogens with one attached hydrogen (secondary N) is 2. The highest BCUT2D eigenvalue weighted by molar-refractivity contribution is 6.05. The van der Waals surface area contributed by atoms with E-state index >= 15 is 0 Å². The predicted octanol–water partition coefficient (Wildman–Crippen LogP) is 2.51. The Morgan fingerprint density at radius 2 is 2.35 bits per heavy atom. The number of rotatable bonds is 6. The van der Waals surface area contributed by atoms with Crippen LogP contribution in [0.5, 0.6) is 0 Å². The first-order valence-corrected chi connectivity index (χ1v) is 8.68. The fourth-order valence-electron chi connectivity index (χ4n) is 3.26. The molecule has 1 amide bonds. The van der Waals surface area contributed by atoms with Gasteiger partial charge >= 0.3 is 0 Å². The topological polar surface area (TPSA) is 94.1 Å². The molecule has 0 bridgehead atoms. The third-order valence-electron chi connectivity index (χ3n) is 4.52. The first-order valence-electron chi connectivity index (χ1n) is 8.68. The van der Waals surface area contributed by atoms with Crippen molar-refractivity contribution in [2.24, 2.45) is 0 Å². The largest absolute Gasteiger partial charge is 0.383 e. The number of hydrogen-bond donors (Lipinski definition) is 2. The summed E-state index contributed by atoms with van der Waals surface area (Å²) in [5, 5.41) is 10.7. The van der Waals surface area contributed by atoms with Crippen molar-refractivity contribution in [1.82, 2.24) is 19.7 Å². The Balaban J connectivity index is 1.57. The summed E-state index contributed by atoms with van der Waals surface area (Å²) in [6, 6.07) is 9.75. The maximum absolute atomic E-state index is 12.8. The number of carbonyl (C=O) groups excluding carboxylic acids is 1. The van der Waals surface area contributed by atoms with Gasteiger partial charge in [0.1, 0.15) is 11.8 Å². The van der Waals surface area contributed by atoms with Crippen LogP contribution in [-0.2, 0) is 16.0 Å². The summed E-state index contributed by atoms with van der Waals surface area (Å²) >= 11 is 0. The molecule has 8 nitrogen and oxygen atoms in total. The Morgan fingerprint density at radius 1 is 1.46 bits per heavy atom. The van der Waals surface area contributed by atoms with E-state index in [2.05, 4.69) is 20.5 Å². The molecule has 2 aromatic heterocycles. The monoisotopic (exact) mass is 355 g/mol. The molecular formula is C18H21N5O3. The van der Waals surface area contributed by atoms with Crippen LogP contribution >= 0.6 is 0 Å². The predicted molar refractivity (Wildman–Crippen MR) is 96.1 cm³/mol. The van der Waals surface area contributed by atoms with E-state index in [9.17, 15) is 4.79 Å². The van der Waals surface area contributed by atoms with Gasteiger partial charge in [0.25, 0.3) is 5.91 Å². The molecule has 3 heterocycles. The number of nitrogens with zero attached hydrogens (tertiary/aromatic N) is 3. The second-order valence-electron chi connectivity index (χ2n) is 6.23. The number of hydrogen-bond acceptors (Lipinski definition) is 5. The molecular weight excluding hydrogens is 334 g/mol. The highest BCUT2D eigenvalue weighted by atomic mass is 16.5. The number of methoxy groups -OCH3 is 1. The maximum atomic E-state index is 12.8. The van der Waals surface area contributed by atoms with Crippen molar-refractivity contribution in [3.8, 4) is 0 Å². The third-order valence-corrected chi connectivity index (χ3v) is 4.52. The van der Waals surface area contributed by atoms with E-state index in [-0.39, 0.29) is 18.0 Å². The van der Waals surface area contributed by atoms with Gasteiger partial charge < -0.3 is 14.0 Å². The van der Waals surface area contributed by atoms with Crippen molar-refractivity contribution in [3.63, 3.8) is 0 Å². The van der Waals surface area contributed by atoms with Crippen LogP contribution in [0.25, 0.3) is 10.9 Å². The van der Waals surface area contributed by atoms with Gasteiger partial charge in [0.05, 0.1) is 6.61 Å². The molecule has 3 aromatic rings. The summed E-state index contributed by atoms with van der Waals surface area (Å²) in [5.41, 5.74) is 1.54. The minimum Gasteiger partial charge on any atom is -0.383 e. The molecule has 0 aliphatic carbocycles. The summed E-state index contributed by atoms with van der Waals surface area (Å²) in [7, 11) is 1.64. The first kappa shape index (κ1) is 16.7. The van der Waals surface area contributed by atoms with E-state index in [4.69, 9.17) is 9.47 Å². The molecule has 4 rings (SSSR count). The molecule has 8 heteroatoms. The van der Waals surface area contributed by atoms with Crippen LogP contribution in [0.3, 0.4) is 0 Å². The summed E-state index contributed by atoms with van der Waals surface area (Å²) in [4.78, 5) is 17.1. The normalized spacial score (nSPS) is 17.0. The number of fused-ring (bicyclic) bond motifs is 1. The number of benzene rings is 1. The Morgan fingerprint density at radius 3 is 3.15 bits per heavy atom. The number of carbonyl (C=O) groups is 1. The zero-order chi connectivity index (χ0) is 17.9. The minimum atomic E-state index is -0.254. The minimum absolute atomic E-state index is 0.0682. The van der Waals surface area contributed by atoms with Gasteiger partial charge in [-0.05, 0) is 25.0 Å². The first-order chi connectivity index (χ1) is 12.8. The van der Waals surface area contributed by atoms with Crippen molar-refractivity contribution >= 4 is 22.8 Å². The van der Waals surface area contributed by atoms with Crippen molar-refractivity contribution in [2.45, 2.75) is 25.5 Å². The van der Waals surface area contributed by atoms with E-state index in [1.807, 2.05) is 34.9 Å². The highest BCUT2D eigenvalue weighted by Crippen LogP contribution is 2.26. The summed E-state index contributed by atoms with van der Waals surface area (Å²) in [6.45, 7) is 1.83. The van der Waals surface area contributed by atoms with Gasteiger partial charge in [0, 0.05) is 31.2 Å². The SMILES string of the molecule is COCCn1c(C(=O)Nc2n[nH]c([C@@H]3CCCO3)n2)cc2ccccc21. The average molecular weight is 355 g/mol. The summed E-state index contributed by atoms with van der Waals surface area (Å²) in [6.07, 6.45) is 1.85. The third kappa shape index (κ3) is 3.21. The number of aromatic nitrogens is 4. The van der Waals surface area contributed by atoms with Gasteiger partial charge in [-0.2, -0.15) is 4.98 Å². The molecule has 1 fully saturated rings. The van der Waals surface area contributed by atoms with Crippen LogP contribution in [0.2, 0.25) is 0 Å². The Bertz CT molecular complexity index is 911. The molecule has 1 atom stereocenters. The van der Waals surface area contributed by atoms with Crippen LogP contribution in [0.1, 0.15) is 35.3 Å². The zero-order valence-corrected chi connectivity index (χ0v) is 14.6. The van der Waals surface area contributed by atoms with Gasteiger partial charge in [-0.3, -0.25) is 15.2 Å². The van der Waals surface area contributed by atoms with E-state index in [0.29, 0.717) is 24.7 Å². The second-order valence-corrected chi connectivity index (χ2v) is 6.23. The van der Waals surface area contributed by atoms with E-state index in [1.54, 1.807) is 7.11 Å². The van der Waals surface area contributed by atoms with Gasteiger partial charge in [-0.25, -0.2) is 0 Å². The van der Waals surface area contributed by atoms with E-state index in [1.165, 1.54) is 0 Å². The van der Waals surface area contributed by atoms with Crippen LogP contribution < -0.4 is 5.32 Å². The molecule has 0 spiro atoms. The average Bonchev–Trinajstić information content (AvgIpc) is 3.39. The number of aromatic amines is 1. The molecule has 2 N–H and O–H groups in total. The molecule has 1 aliphatic heterocycles. The van der Waals surface area contributed by atoms with Gasteiger partial charge in [-0.1, -0.05) is 18.2 Å². The van der Waals surface area contributed by atoms with Gasteiger partial charge in [0.15, 0.2) is 5.82 Å². The Hall–Kier alpha value is -2.71. The number of ether oxygens (including phenoxy) is 2. The molecule has 1 aromatic carbocycles. The Labute approximate surface area is 150 Å². The van der Waals surface area contributed by atoms with E-state index < -0.39 is 0 Å². The lowest BCUT2D eigenvalue weighted by atomic mass is 10.2. The molecule has 0 unspecified atom stereocenters. The number of H-pyrrole nitrogens is 1. The highest BCUT2D eigenvalue weighted by Gasteiger charge is 2.22. The summed E-state index contributed by atoms with van der Waals surface area (Å²) in [5.74, 6) is 0.650. The molecule has 1 saturated heterocycles. The fourth-order valence-corrected chi connectivity index (χ4v) is 3.26. The van der Waals surface area contributed by atoms with Crippen molar-refractivity contribution in [2.75, 3.05) is 25.6 Å². The fraction of sp³-hybridized carbons (Fsp3) is 0.389. The molecule has 136 valence electrons. The smallest absolute Gasteiger partial charge is 0.274 e. The van der Waals surface area contributed by atoms with Crippen molar-refractivity contribution in [1.29, 1.82) is 0 Å². The van der Waals surface area contributed by atoms with Gasteiger partial charge in [-0.15, -0.1) is 5.10 Å². The zero-order valence-electron chi connectivity index (χ0n) is 14.6. The second kappa shape index (κ2) is 7.27. The lowest BCUT2D eigenvalue weighted by molar-refractivity contribution is 0.101. The number of amides is 1. The van der Waals surface area contributed by atoms with Crippen LogP contribution in [0.4, 0.5) is 5.95 Å². The standard InChI is InChI=1S/C18H21N5O3/c1-25-10-8-23-13-6-3-2-5-12(13)11-14(23)17(24)20-18-19-16(21-22-18)15-7-4-9-26-15/h2-3,5-6,11,15H,4,7-10H2,1H3,(H2,19,20,21,22,24)/t15-/m0/s1. The number of para-hydroxylation sites is 1. The van der Waals surface area contributed by atoms with E-state index in [0.717, 1.165) is 30.4 Å². The Kier molecular flexibility index (Phi) is 4.68. The lowest BCUT2D eigenvalue weighted by Crippen LogP contribution is -2.19. The lowest BCUT2D eigenvalue weighted by Gasteiger charge is -2.09. The molecule has 1 aliphatic rings. The maximum Gasteiger partial charge on any atom is 0.274 e. The van der Waals surface area contributed by atoms with Crippen LogP contribution in [0.15, 0.2) is 30.3 Å². The summed E-state index contributed by atoms with van der Waals surface area (Å²) < 4.78 is 12.7. The molecule has 0 radical (unpaired) electrons. The van der Waals surface area contributed by atoms with Gasteiger partial charge in [0.2, 0.25) is 5.95 Å². The van der Waals surface area contributed by atoms with Crippen LogP contribution in [-0.4, -0.2) is 46.0 Å². The number of anilines is 1. The van der Waals surface area contributed by atoms with Crippen molar-refractivity contribution in [3.05, 3.63) is 41.9 Å². The quantitative estimate of drug-likeness (QED) is 0.708. The van der Waals surface area contributed by atoms with Crippen LogP contribution in [0, 0.1) is 0 Å². The molecule has 0 saturated carbocycles. The van der Waals surface area contributed by atoms with Crippen molar-refractivity contribution < 1.29 is 14.3 Å².